The third-order valence-electron chi connectivity index (χ3n) is 3.43. The predicted octanol–water partition coefficient (Wildman–Crippen LogP) is 1.53. The Bertz CT molecular complexity index is 439. The number of aliphatic hydroxyl groups excluding tert-OH is 1. The van der Waals surface area contributed by atoms with Crippen LogP contribution in [-0.4, -0.2) is 40.8 Å². The number of ether oxygens (including phenoxy) is 1. The lowest BCUT2D eigenvalue weighted by molar-refractivity contribution is 0.00982. The summed E-state index contributed by atoms with van der Waals surface area (Å²) in [4.78, 5) is 13.5. The number of nitrogens with zero attached hydrogens (tertiary/aromatic N) is 1. The molecule has 3 N–H and O–H groups in total. The van der Waals surface area contributed by atoms with Crippen molar-refractivity contribution in [3.05, 3.63) is 35.9 Å². The molecule has 1 heterocycles. The Kier molecular flexibility index (Phi) is 5.80. The molecular formula is C14H21ClN2O3. The zero-order valence-electron chi connectivity index (χ0n) is 11.5. The topological polar surface area (TPSA) is 75.8 Å². The van der Waals surface area contributed by atoms with E-state index in [1.165, 1.54) is 0 Å². The van der Waals surface area contributed by atoms with Crippen LogP contribution in [0.15, 0.2) is 30.3 Å². The highest BCUT2D eigenvalue weighted by molar-refractivity contribution is 5.85. The van der Waals surface area contributed by atoms with Crippen molar-refractivity contribution in [3.8, 4) is 0 Å². The second-order valence-electron chi connectivity index (χ2n) is 5.27. The molecule has 1 saturated heterocycles. The molecule has 2 rings (SSSR count). The first kappa shape index (κ1) is 16.8. The van der Waals surface area contributed by atoms with Gasteiger partial charge >= 0.3 is 6.09 Å². The number of halogens is 1. The largest absolute Gasteiger partial charge is 0.445 e. The number of carbonyl (C=O) groups is 1. The van der Waals surface area contributed by atoms with Crippen LogP contribution in [0.5, 0.6) is 0 Å². The lowest BCUT2D eigenvalue weighted by Gasteiger charge is -2.40. The quantitative estimate of drug-likeness (QED) is 0.868. The van der Waals surface area contributed by atoms with Gasteiger partial charge in [0.1, 0.15) is 6.61 Å². The normalized spacial score (nSPS) is 25.8. The van der Waals surface area contributed by atoms with Crippen molar-refractivity contribution in [2.24, 2.45) is 5.73 Å². The van der Waals surface area contributed by atoms with Crippen molar-refractivity contribution in [2.45, 2.75) is 31.6 Å². The zero-order valence-corrected chi connectivity index (χ0v) is 12.3. The summed E-state index contributed by atoms with van der Waals surface area (Å²) in [6.45, 7) is 2.78. The fourth-order valence-electron chi connectivity index (χ4n) is 2.17. The number of benzene rings is 1. The molecule has 5 nitrogen and oxygen atoms in total. The van der Waals surface area contributed by atoms with E-state index in [9.17, 15) is 9.90 Å². The fraction of sp³-hybridized carbons (Fsp3) is 0.500. The Hall–Kier alpha value is -1.30. The molecule has 0 aliphatic carbocycles. The smallest absolute Gasteiger partial charge is 0.410 e. The minimum Gasteiger partial charge on any atom is -0.445 e. The second-order valence-corrected chi connectivity index (χ2v) is 5.27. The third-order valence-corrected chi connectivity index (χ3v) is 3.43. The number of carbonyl (C=O) groups excluding carboxylic acids is 1. The summed E-state index contributed by atoms with van der Waals surface area (Å²) in [6.07, 6.45) is -0.480. The molecule has 0 saturated carbocycles. The third kappa shape index (κ3) is 4.10. The van der Waals surface area contributed by atoms with Crippen molar-refractivity contribution >= 4 is 18.5 Å². The molecule has 0 spiro atoms. The molecular weight excluding hydrogens is 280 g/mol. The van der Waals surface area contributed by atoms with Gasteiger partial charge in [-0.2, -0.15) is 0 Å². The van der Waals surface area contributed by atoms with Crippen molar-refractivity contribution in [1.82, 2.24) is 4.90 Å². The van der Waals surface area contributed by atoms with Gasteiger partial charge in [-0.1, -0.05) is 30.3 Å². The number of amides is 1. The van der Waals surface area contributed by atoms with Gasteiger partial charge in [0.05, 0.1) is 11.6 Å². The molecule has 2 atom stereocenters. The van der Waals surface area contributed by atoms with Crippen molar-refractivity contribution in [1.29, 1.82) is 0 Å². The molecule has 0 bridgehead atoms. The highest BCUT2D eigenvalue weighted by Crippen LogP contribution is 2.19. The first-order valence-corrected chi connectivity index (χ1v) is 6.41. The minimum absolute atomic E-state index is 0. The van der Waals surface area contributed by atoms with E-state index < -0.39 is 11.6 Å². The molecule has 0 radical (unpaired) electrons. The minimum atomic E-state index is -0.774. The highest BCUT2D eigenvalue weighted by atomic mass is 35.5. The first-order valence-electron chi connectivity index (χ1n) is 6.41. The van der Waals surface area contributed by atoms with Gasteiger partial charge < -0.3 is 20.5 Å². The van der Waals surface area contributed by atoms with Crippen molar-refractivity contribution in [2.75, 3.05) is 13.1 Å². The van der Waals surface area contributed by atoms with Crippen LogP contribution in [0.2, 0.25) is 0 Å². The van der Waals surface area contributed by atoms with E-state index in [1.807, 2.05) is 30.3 Å². The molecule has 1 aliphatic heterocycles. The summed E-state index contributed by atoms with van der Waals surface area (Å²) in [6, 6.07) is 9.52. The van der Waals surface area contributed by atoms with E-state index >= 15 is 0 Å². The second kappa shape index (κ2) is 6.92. The van der Waals surface area contributed by atoms with Crippen molar-refractivity contribution in [3.63, 3.8) is 0 Å². The summed E-state index contributed by atoms with van der Waals surface area (Å²) in [7, 11) is 0. The van der Waals surface area contributed by atoms with Gasteiger partial charge in [0, 0.05) is 13.1 Å². The number of likely N-dealkylation sites (tertiary alicyclic amines) is 1. The molecule has 20 heavy (non-hydrogen) atoms. The predicted molar refractivity (Wildman–Crippen MR) is 78.7 cm³/mol. The highest BCUT2D eigenvalue weighted by Gasteiger charge is 2.37. The molecule has 1 fully saturated rings. The maximum absolute atomic E-state index is 11.9. The SMILES string of the molecule is CC1(N)CN(C(=O)OCc2ccccc2)CCC1O.Cl. The average molecular weight is 301 g/mol. The number of aliphatic hydroxyl groups is 1. The summed E-state index contributed by atoms with van der Waals surface area (Å²) >= 11 is 0. The number of rotatable bonds is 2. The summed E-state index contributed by atoms with van der Waals surface area (Å²) < 4.78 is 5.25. The Morgan fingerprint density at radius 2 is 2.15 bits per heavy atom. The monoisotopic (exact) mass is 300 g/mol. The van der Waals surface area contributed by atoms with E-state index in [0.717, 1.165) is 5.56 Å². The van der Waals surface area contributed by atoms with E-state index in [0.29, 0.717) is 19.5 Å². The number of hydrogen-bond donors (Lipinski definition) is 2. The number of hydrogen-bond acceptors (Lipinski definition) is 4. The van der Waals surface area contributed by atoms with Crippen LogP contribution in [0.1, 0.15) is 18.9 Å². The van der Waals surface area contributed by atoms with Crippen LogP contribution in [0.3, 0.4) is 0 Å². The van der Waals surface area contributed by atoms with Gasteiger partial charge in [-0.05, 0) is 18.9 Å². The maximum Gasteiger partial charge on any atom is 0.410 e. The standard InChI is InChI=1S/C14H20N2O3.ClH/c1-14(15)10-16(8-7-12(14)17)13(18)19-9-11-5-3-2-4-6-11;/h2-6,12,17H,7-10,15H2,1H3;1H. The van der Waals surface area contributed by atoms with Gasteiger partial charge in [-0.3, -0.25) is 0 Å². The molecule has 2 unspecified atom stereocenters. The van der Waals surface area contributed by atoms with Crippen LogP contribution >= 0.6 is 12.4 Å². The van der Waals surface area contributed by atoms with Crippen LogP contribution in [0, 0.1) is 0 Å². The van der Waals surface area contributed by atoms with Gasteiger partial charge in [0.15, 0.2) is 0 Å². The number of nitrogens with two attached hydrogens (primary N) is 1. The fourth-order valence-corrected chi connectivity index (χ4v) is 2.17. The summed E-state index contributed by atoms with van der Waals surface area (Å²) in [5, 5.41) is 9.74. The average Bonchev–Trinajstić information content (AvgIpc) is 2.40. The van der Waals surface area contributed by atoms with Crippen LogP contribution in [0.4, 0.5) is 4.79 Å². The summed E-state index contributed by atoms with van der Waals surface area (Å²) in [5.41, 5.74) is 6.13. The molecule has 1 aliphatic rings. The molecule has 1 amide bonds. The van der Waals surface area contributed by atoms with Gasteiger partial charge in [0.2, 0.25) is 0 Å². The van der Waals surface area contributed by atoms with Crippen LogP contribution in [0.25, 0.3) is 0 Å². The first-order chi connectivity index (χ1) is 8.99. The van der Waals surface area contributed by atoms with Gasteiger partial charge in [0.25, 0.3) is 0 Å². The van der Waals surface area contributed by atoms with E-state index in [-0.39, 0.29) is 25.1 Å². The summed E-state index contributed by atoms with van der Waals surface area (Å²) in [5.74, 6) is 0. The molecule has 0 aromatic heterocycles. The molecule has 1 aromatic carbocycles. The van der Waals surface area contributed by atoms with Crippen LogP contribution < -0.4 is 5.73 Å². The molecule has 112 valence electrons. The Balaban J connectivity index is 0.00000200. The Morgan fingerprint density at radius 3 is 2.75 bits per heavy atom. The van der Waals surface area contributed by atoms with Gasteiger partial charge in [-0.25, -0.2) is 4.79 Å². The van der Waals surface area contributed by atoms with Crippen LogP contribution in [-0.2, 0) is 11.3 Å². The maximum atomic E-state index is 11.9. The van der Waals surface area contributed by atoms with E-state index in [1.54, 1.807) is 11.8 Å². The number of piperidine rings is 1. The lowest BCUT2D eigenvalue weighted by atomic mass is 9.89. The Labute approximate surface area is 125 Å². The van der Waals surface area contributed by atoms with E-state index in [4.69, 9.17) is 10.5 Å². The van der Waals surface area contributed by atoms with Crippen molar-refractivity contribution < 1.29 is 14.6 Å². The molecule has 6 heteroatoms. The van der Waals surface area contributed by atoms with E-state index in [2.05, 4.69) is 0 Å². The molecule has 1 aromatic rings. The zero-order chi connectivity index (χ0) is 13.9. The van der Waals surface area contributed by atoms with Gasteiger partial charge in [-0.15, -0.1) is 12.4 Å². The lowest BCUT2D eigenvalue weighted by Crippen LogP contribution is -2.61. The Morgan fingerprint density at radius 1 is 1.50 bits per heavy atom.